The first-order valence-corrected chi connectivity index (χ1v) is 11.0. The summed E-state index contributed by atoms with van der Waals surface area (Å²) in [5.74, 6) is -1.08. The van der Waals surface area contributed by atoms with Crippen LogP contribution in [0.1, 0.15) is 6.92 Å². The van der Waals surface area contributed by atoms with Crippen molar-refractivity contribution in [2.75, 3.05) is 5.07 Å². The van der Waals surface area contributed by atoms with E-state index < -0.39 is 13.2 Å². The highest BCUT2D eigenvalue weighted by Gasteiger charge is 2.44. The van der Waals surface area contributed by atoms with Crippen molar-refractivity contribution < 1.29 is 9.90 Å². The average Bonchev–Trinajstić information content (AvgIpc) is 2.65. The zero-order valence-corrected chi connectivity index (χ0v) is 16.5. The van der Waals surface area contributed by atoms with Crippen LogP contribution in [0.5, 0.6) is 0 Å². The predicted molar refractivity (Wildman–Crippen MR) is 110 cm³/mol. The molecule has 0 bridgehead atoms. The van der Waals surface area contributed by atoms with E-state index >= 15 is 0 Å². The molecule has 4 heteroatoms. The van der Waals surface area contributed by atoms with Gasteiger partial charge >= 0.3 is 0 Å². The molecule has 0 aliphatic heterocycles. The SMILES string of the molecule is BrC[P+](c1ccccc1)(c1ccccc1)c1ccccc1.CC(=O)[O-]. The third-order valence-electron chi connectivity index (χ3n) is 3.77. The van der Waals surface area contributed by atoms with Crippen LogP contribution in [-0.2, 0) is 4.79 Å². The Hall–Kier alpha value is -1.96. The van der Waals surface area contributed by atoms with E-state index in [1.54, 1.807) is 0 Å². The smallest absolute Gasteiger partial charge is 0.127 e. The van der Waals surface area contributed by atoms with Gasteiger partial charge in [-0.25, -0.2) is 0 Å². The molecule has 0 aliphatic carbocycles. The topological polar surface area (TPSA) is 40.1 Å². The normalized spacial score (nSPS) is 10.5. The van der Waals surface area contributed by atoms with Crippen LogP contribution in [0.15, 0.2) is 91.0 Å². The minimum absolute atomic E-state index is 0.956. The number of hydrogen-bond donors (Lipinski definition) is 0. The van der Waals surface area contributed by atoms with Gasteiger partial charge in [-0.2, -0.15) is 0 Å². The van der Waals surface area contributed by atoms with Crippen LogP contribution in [-0.4, -0.2) is 11.0 Å². The number of alkyl halides is 1. The van der Waals surface area contributed by atoms with E-state index in [-0.39, 0.29) is 0 Å². The number of rotatable bonds is 4. The molecule has 0 saturated heterocycles. The van der Waals surface area contributed by atoms with Crippen molar-refractivity contribution in [2.45, 2.75) is 6.92 Å². The minimum Gasteiger partial charge on any atom is -0.550 e. The summed E-state index contributed by atoms with van der Waals surface area (Å²) in [5, 5.41) is 14.1. The van der Waals surface area contributed by atoms with Gasteiger partial charge in [0.15, 0.2) is 0 Å². The van der Waals surface area contributed by atoms with Gasteiger partial charge in [-0.15, -0.1) is 0 Å². The van der Waals surface area contributed by atoms with E-state index in [0.29, 0.717) is 0 Å². The fourth-order valence-electron chi connectivity index (χ4n) is 2.70. The molecule has 2 nitrogen and oxygen atoms in total. The van der Waals surface area contributed by atoms with E-state index in [4.69, 9.17) is 9.90 Å². The first-order chi connectivity index (χ1) is 12.1. The van der Waals surface area contributed by atoms with Crippen LogP contribution >= 0.6 is 23.2 Å². The monoisotopic (exact) mass is 414 g/mol. The van der Waals surface area contributed by atoms with E-state index in [1.165, 1.54) is 15.9 Å². The standard InChI is InChI=1S/C19H17BrP.C2H4O2/c20-16-21(17-10-4-1-5-11-17,18-12-6-2-7-13-18)19-14-8-3-9-15-19;1-2(3)4/h1-15H,16H2;1H3,(H,3,4)/q+1;/p-1. The Morgan fingerprint density at radius 1 is 0.760 bits per heavy atom. The zero-order chi connectivity index (χ0) is 18.1. The second kappa shape index (κ2) is 9.50. The van der Waals surface area contributed by atoms with Crippen LogP contribution < -0.4 is 21.0 Å². The van der Waals surface area contributed by atoms with Gasteiger partial charge in [0.2, 0.25) is 0 Å². The molecule has 0 spiro atoms. The van der Waals surface area contributed by atoms with Crippen LogP contribution in [0.2, 0.25) is 0 Å². The Balaban J connectivity index is 0.000000511. The molecule has 0 aliphatic rings. The Morgan fingerprint density at radius 3 is 1.20 bits per heavy atom. The number of hydrogen-bond acceptors (Lipinski definition) is 2. The molecule has 0 saturated carbocycles. The number of carboxylic acid groups (broad SMARTS) is 1. The van der Waals surface area contributed by atoms with Gasteiger partial charge in [0.1, 0.15) is 28.2 Å². The van der Waals surface area contributed by atoms with Crippen molar-refractivity contribution in [3.63, 3.8) is 0 Å². The first kappa shape index (κ1) is 19.4. The number of carbonyl (C=O) groups is 1. The third-order valence-corrected chi connectivity index (χ3v) is 9.92. The van der Waals surface area contributed by atoms with Gasteiger partial charge in [0.25, 0.3) is 0 Å². The lowest BCUT2D eigenvalue weighted by Crippen LogP contribution is -2.31. The third kappa shape index (κ3) is 4.78. The molecule has 0 N–H and O–H groups in total. The Kier molecular flexibility index (Phi) is 7.36. The number of halogens is 1. The summed E-state index contributed by atoms with van der Waals surface area (Å²) >= 11 is 3.83. The molecule has 128 valence electrons. The number of carbonyl (C=O) groups excluding carboxylic acids is 1. The summed E-state index contributed by atoms with van der Waals surface area (Å²) in [5.41, 5.74) is 0. The Bertz CT molecular complexity index is 676. The lowest BCUT2D eigenvalue weighted by Gasteiger charge is -2.25. The maximum atomic E-state index is 8.89. The van der Waals surface area contributed by atoms with Crippen molar-refractivity contribution in [3.05, 3.63) is 91.0 Å². The summed E-state index contributed by atoms with van der Waals surface area (Å²) in [4.78, 5) is 8.89. The number of carboxylic acids is 1. The molecule has 0 fully saturated rings. The van der Waals surface area contributed by atoms with Crippen molar-refractivity contribution in [1.82, 2.24) is 0 Å². The summed E-state index contributed by atoms with van der Waals surface area (Å²) < 4.78 is 0. The Labute approximate surface area is 158 Å². The van der Waals surface area contributed by atoms with Crippen molar-refractivity contribution in [2.24, 2.45) is 0 Å². The van der Waals surface area contributed by atoms with Crippen LogP contribution in [0.25, 0.3) is 0 Å². The van der Waals surface area contributed by atoms with Gasteiger partial charge in [0.05, 0.1) is 0 Å². The molecule has 0 heterocycles. The predicted octanol–water partition coefficient (Wildman–Crippen LogP) is 3.09. The fourth-order valence-corrected chi connectivity index (χ4v) is 8.66. The molecule has 0 amide bonds. The molecule has 0 atom stereocenters. The van der Waals surface area contributed by atoms with Crippen molar-refractivity contribution in [1.29, 1.82) is 0 Å². The van der Waals surface area contributed by atoms with Crippen LogP contribution in [0, 0.1) is 0 Å². The maximum absolute atomic E-state index is 8.89. The van der Waals surface area contributed by atoms with E-state index in [0.717, 1.165) is 12.0 Å². The molecular formula is C21H20BrO2P. The highest BCUT2D eigenvalue weighted by molar-refractivity contribution is 9.10. The van der Waals surface area contributed by atoms with Gasteiger partial charge in [0, 0.05) is 5.97 Å². The largest absolute Gasteiger partial charge is 0.550 e. The summed E-state index contributed by atoms with van der Waals surface area (Å²) in [7, 11) is -1.62. The van der Waals surface area contributed by atoms with Gasteiger partial charge in [-0.1, -0.05) is 54.6 Å². The van der Waals surface area contributed by atoms with E-state index in [1.807, 2.05) is 0 Å². The van der Waals surface area contributed by atoms with Crippen LogP contribution in [0.4, 0.5) is 0 Å². The molecular weight excluding hydrogens is 395 g/mol. The molecule has 0 unspecified atom stereocenters. The van der Waals surface area contributed by atoms with Gasteiger partial charge < -0.3 is 9.90 Å². The maximum Gasteiger partial charge on any atom is 0.127 e. The molecule has 3 rings (SSSR count). The zero-order valence-electron chi connectivity index (χ0n) is 14.0. The number of aliphatic carboxylic acids is 1. The highest BCUT2D eigenvalue weighted by Crippen LogP contribution is 2.56. The molecule has 3 aromatic carbocycles. The second-order valence-corrected chi connectivity index (χ2v) is 10.3. The quantitative estimate of drug-likeness (QED) is 0.486. The van der Waals surface area contributed by atoms with Crippen molar-refractivity contribution >= 4 is 45.1 Å². The van der Waals surface area contributed by atoms with Gasteiger partial charge in [-0.05, 0) is 59.3 Å². The van der Waals surface area contributed by atoms with E-state index in [9.17, 15) is 0 Å². The average molecular weight is 415 g/mol. The van der Waals surface area contributed by atoms with Crippen molar-refractivity contribution in [3.8, 4) is 0 Å². The summed E-state index contributed by atoms with van der Waals surface area (Å²) in [6.07, 6.45) is 0. The summed E-state index contributed by atoms with van der Waals surface area (Å²) in [6.45, 7) is 0.972. The lowest BCUT2D eigenvalue weighted by atomic mass is 10.4. The van der Waals surface area contributed by atoms with Gasteiger partial charge in [-0.3, -0.25) is 0 Å². The first-order valence-electron chi connectivity index (χ1n) is 7.89. The molecule has 25 heavy (non-hydrogen) atoms. The number of benzene rings is 3. The molecule has 3 aromatic rings. The van der Waals surface area contributed by atoms with E-state index in [2.05, 4.69) is 107 Å². The highest BCUT2D eigenvalue weighted by atomic mass is 79.9. The fraction of sp³-hybridized carbons (Fsp3) is 0.0952. The molecule has 0 aromatic heterocycles. The lowest BCUT2D eigenvalue weighted by molar-refractivity contribution is -0.302. The molecule has 0 radical (unpaired) electrons. The summed E-state index contributed by atoms with van der Waals surface area (Å²) in [6, 6.07) is 32.6. The Morgan fingerprint density at radius 2 is 1.00 bits per heavy atom. The second-order valence-electron chi connectivity index (χ2n) is 5.43. The van der Waals surface area contributed by atoms with Crippen LogP contribution in [0.3, 0.4) is 0 Å². The minimum atomic E-state index is -1.62.